The molecular formula is C11H9BrO2. The second kappa shape index (κ2) is 4.83. The van der Waals surface area contributed by atoms with Gasteiger partial charge in [-0.1, -0.05) is 21.9 Å². The summed E-state index contributed by atoms with van der Waals surface area (Å²) in [6.07, 6.45) is 5.07. The minimum atomic E-state index is -0.0375. The Bertz CT molecular complexity index is 391. The van der Waals surface area contributed by atoms with Crippen molar-refractivity contribution in [2.45, 2.75) is 6.92 Å². The first-order chi connectivity index (χ1) is 6.65. The predicted molar refractivity (Wildman–Crippen MR) is 58.5 cm³/mol. The molecule has 0 aromatic heterocycles. The molecular weight excluding hydrogens is 244 g/mol. The van der Waals surface area contributed by atoms with E-state index in [2.05, 4.69) is 21.9 Å². The van der Waals surface area contributed by atoms with Crippen LogP contribution in [0.5, 0.6) is 5.75 Å². The molecule has 0 saturated heterocycles. The zero-order valence-electron chi connectivity index (χ0n) is 7.71. The van der Waals surface area contributed by atoms with E-state index in [9.17, 15) is 4.79 Å². The van der Waals surface area contributed by atoms with E-state index in [0.29, 0.717) is 11.3 Å². The number of halogens is 1. The van der Waals surface area contributed by atoms with Crippen molar-refractivity contribution >= 4 is 21.7 Å². The van der Waals surface area contributed by atoms with E-state index in [1.165, 1.54) is 6.92 Å². The van der Waals surface area contributed by atoms with Gasteiger partial charge < -0.3 is 4.74 Å². The molecule has 0 N–H and O–H groups in total. The number of benzene rings is 1. The quantitative estimate of drug-likeness (QED) is 0.611. The highest BCUT2D eigenvalue weighted by molar-refractivity contribution is 9.10. The van der Waals surface area contributed by atoms with E-state index in [-0.39, 0.29) is 12.4 Å². The fraction of sp³-hybridized carbons (Fsp3) is 0.182. The van der Waals surface area contributed by atoms with Crippen LogP contribution in [0.15, 0.2) is 22.7 Å². The van der Waals surface area contributed by atoms with E-state index in [0.717, 1.165) is 4.47 Å². The third kappa shape index (κ3) is 2.61. The van der Waals surface area contributed by atoms with E-state index >= 15 is 0 Å². The molecule has 0 saturated carbocycles. The van der Waals surface area contributed by atoms with E-state index in [1.54, 1.807) is 18.2 Å². The van der Waals surface area contributed by atoms with Crippen LogP contribution >= 0.6 is 15.9 Å². The number of hydrogen-bond acceptors (Lipinski definition) is 2. The van der Waals surface area contributed by atoms with Crippen molar-refractivity contribution in [2.24, 2.45) is 0 Å². The van der Waals surface area contributed by atoms with Gasteiger partial charge in [-0.15, -0.1) is 6.42 Å². The second-order valence-corrected chi connectivity index (χ2v) is 3.61. The number of Topliss-reactive ketones (excluding diaryl/α,β-unsaturated/α-hetero) is 1. The number of ether oxygens (including phenoxy) is 1. The third-order valence-corrected chi connectivity index (χ3v) is 2.13. The number of rotatable bonds is 3. The molecule has 0 spiro atoms. The van der Waals surface area contributed by atoms with Crippen LogP contribution in [0.1, 0.15) is 17.3 Å². The zero-order chi connectivity index (χ0) is 10.6. The fourth-order valence-corrected chi connectivity index (χ4v) is 1.37. The molecule has 0 aliphatic heterocycles. The van der Waals surface area contributed by atoms with Crippen LogP contribution in [-0.2, 0) is 0 Å². The van der Waals surface area contributed by atoms with Crippen molar-refractivity contribution in [1.82, 2.24) is 0 Å². The summed E-state index contributed by atoms with van der Waals surface area (Å²) in [6, 6.07) is 5.23. The van der Waals surface area contributed by atoms with Crippen LogP contribution in [0.2, 0.25) is 0 Å². The highest BCUT2D eigenvalue weighted by Gasteiger charge is 2.08. The number of terminal acetylenes is 1. The Morgan fingerprint density at radius 1 is 1.64 bits per heavy atom. The zero-order valence-corrected chi connectivity index (χ0v) is 9.30. The van der Waals surface area contributed by atoms with Crippen LogP contribution in [0.4, 0.5) is 0 Å². The molecule has 0 aliphatic carbocycles. The van der Waals surface area contributed by atoms with Crippen molar-refractivity contribution in [3.8, 4) is 18.1 Å². The molecule has 0 bridgehead atoms. The third-order valence-electron chi connectivity index (χ3n) is 1.63. The summed E-state index contributed by atoms with van der Waals surface area (Å²) in [5, 5.41) is 0. The maximum absolute atomic E-state index is 11.2. The molecule has 0 heterocycles. The van der Waals surface area contributed by atoms with Crippen LogP contribution in [0, 0.1) is 12.3 Å². The van der Waals surface area contributed by atoms with Crippen LogP contribution in [-0.4, -0.2) is 12.4 Å². The smallest absolute Gasteiger partial charge is 0.163 e. The Labute approximate surface area is 91.4 Å². The lowest BCUT2D eigenvalue weighted by Crippen LogP contribution is -2.01. The van der Waals surface area contributed by atoms with Gasteiger partial charge in [0.05, 0.1) is 5.56 Å². The topological polar surface area (TPSA) is 26.3 Å². The Kier molecular flexibility index (Phi) is 3.73. The average Bonchev–Trinajstić information content (AvgIpc) is 2.14. The lowest BCUT2D eigenvalue weighted by atomic mass is 10.1. The molecule has 3 heteroatoms. The number of ketones is 1. The Hall–Kier alpha value is -1.27. The monoisotopic (exact) mass is 252 g/mol. The van der Waals surface area contributed by atoms with E-state index < -0.39 is 0 Å². The summed E-state index contributed by atoms with van der Waals surface area (Å²) in [6.45, 7) is 1.66. The Morgan fingerprint density at radius 2 is 2.36 bits per heavy atom. The molecule has 72 valence electrons. The van der Waals surface area contributed by atoms with Gasteiger partial charge in [-0.2, -0.15) is 0 Å². The molecule has 0 aliphatic rings. The maximum atomic E-state index is 11.2. The fourth-order valence-electron chi connectivity index (χ4n) is 1.03. The first-order valence-electron chi connectivity index (χ1n) is 4.02. The molecule has 2 nitrogen and oxygen atoms in total. The van der Waals surface area contributed by atoms with Crippen molar-refractivity contribution in [1.29, 1.82) is 0 Å². The maximum Gasteiger partial charge on any atom is 0.163 e. The molecule has 1 rings (SSSR count). The van der Waals surface area contributed by atoms with Crippen LogP contribution in [0.3, 0.4) is 0 Å². The number of carbonyl (C=O) groups excluding carboxylic acids is 1. The highest BCUT2D eigenvalue weighted by Crippen LogP contribution is 2.24. The molecule has 1 aromatic carbocycles. The van der Waals surface area contributed by atoms with Gasteiger partial charge in [0.15, 0.2) is 5.78 Å². The summed E-state index contributed by atoms with van der Waals surface area (Å²) in [5.74, 6) is 2.83. The molecule has 0 unspecified atom stereocenters. The summed E-state index contributed by atoms with van der Waals surface area (Å²) < 4.78 is 6.10. The van der Waals surface area contributed by atoms with Crippen LogP contribution in [0.25, 0.3) is 0 Å². The summed E-state index contributed by atoms with van der Waals surface area (Å²) in [5.41, 5.74) is 0.545. The molecule has 0 radical (unpaired) electrons. The van der Waals surface area contributed by atoms with Crippen molar-refractivity contribution in [3.05, 3.63) is 28.2 Å². The number of carbonyl (C=O) groups is 1. The Morgan fingerprint density at radius 3 is 2.93 bits per heavy atom. The lowest BCUT2D eigenvalue weighted by Gasteiger charge is -2.07. The molecule has 0 fully saturated rings. The average molecular weight is 253 g/mol. The van der Waals surface area contributed by atoms with Gasteiger partial charge in [0.2, 0.25) is 0 Å². The normalized spacial score (nSPS) is 9.21. The van der Waals surface area contributed by atoms with Gasteiger partial charge in [0.25, 0.3) is 0 Å². The first-order valence-corrected chi connectivity index (χ1v) is 4.81. The lowest BCUT2D eigenvalue weighted by molar-refractivity contribution is 0.101. The van der Waals surface area contributed by atoms with Gasteiger partial charge >= 0.3 is 0 Å². The minimum Gasteiger partial charge on any atom is -0.480 e. The van der Waals surface area contributed by atoms with Crippen molar-refractivity contribution in [2.75, 3.05) is 6.61 Å². The largest absolute Gasteiger partial charge is 0.480 e. The summed E-state index contributed by atoms with van der Waals surface area (Å²) >= 11 is 3.29. The highest BCUT2D eigenvalue weighted by atomic mass is 79.9. The van der Waals surface area contributed by atoms with Gasteiger partial charge in [-0.05, 0) is 25.1 Å². The van der Waals surface area contributed by atoms with Gasteiger partial charge in [-0.25, -0.2) is 0 Å². The van der Waals surface area contributed by atoms with E-state index in [4.69, 9.17) is 11.2 Å². The first kappa shape index (κ1) is 10.8. The standard InChI is InChI=1S/C11H9BrO2/c1-3-6-14-11-7-9(12)4-5-10(11)8(2)13/h1,4-5,7H,6H2,2H3. The minimum absolute atomic E-state index is 0.0375. The molecule has 1 aromatic rings. The van der Waals surface area contributed by atoms with Crippen molar-refractivity contribution < 1.29 is 9.53 Å². The molecule has 0 atom stereocenters. The molecule has 14 heavy (non-hydrogen) atoms. The van der Waals surface area contributed by atoms with E-state index in [1.807, 2.05) is 0 Å². The Balaban J connectivity index is 3.04. The van der Waals surface area contributed by atoms with Crippen molar-refractivity contribution in [3.63, 3.8) is 0 Å². The van der Waals surface area contributed by atoms with Crippen LogP contribution < -0.4 is 4.74 Å². The molecule has 0 amide bonds. The van der Waals surface area contributed by atoms with Gasteiger partial charge in [0.1, 0.15) is 12.4 Å². The number of hydrogen-bond donors (Lipinski definition) is 0. The summed E-state index contributed by atoms with van der Waals surface area (Å²) in [4.78, 5) is 11.2. The second-order valence-electron chi connectivity index (χ2n) is 2.69. The summed E-state index contributed by atoms with van der Waals surface area (Å²) in [7, 11) is 0. The van der Waals surface area contributed by atoms with Gasteiger partial charge in [0, 0.05) is 4.47 Å². The SMILES string of the molecule is C#CCOc1cc(Br)ccc1C(C)=O. The predicted octanol–water partition coefficient (Wildman–Crippen LogP) is 2.66. The van der Waals surface area contributed by atoms with Gasteiger partial charge in [-0.3, -0.25) is 4.79 Å².